The molecular weight excluding hydrogens is 180 g/mol. The van der Waals surface area contributed by atoms with E-state index in [1.807, 2.05) is 13.8 Å². The Bertz CT molecular complexity index is 181. The normalized spacial score (nSPS) is 12.6. The third-order valence-corrected chi connectivity index (χ3v) is 1.85. The second-order valence-electron chi connectivity index (χ2n) is 3.54. The summed E-state index contributed by atoms with van der Waals surface area (Å²) in [6, 6.07) is 0. The Morgan fingerprint density at radius 2 is 2.21 bits per heavy atom. The number of nitrogens with one attached hydrogen (secondary N) is 2. The number of amides is 1. The highest BCUT2D eigenvalue weighted by molar-refractivity contribution is 5.77. The maximum absolute atomic E-state index is 11.1. The van der Waals surface area contributed by atoms with Gasteiger partial charge in [-0.2, -0.15) is 0 Å². The van der Waals surface area contributed by atoms with Crippen LogP contribution >= 0.6 is 0 Å². The van der Waals surface area contributed by atoms with E-state index in [1.54, 1.807) is 6.08 Å². The molecule has 3 N–H and O–H groups in total. The van der Waals surface area contributed by atoms with Gasteiger partial charge < -0.3 is 15.7 Å². The monoisotopic (exact) mass is 200 g/mol. The summed E-state index contributed by atoms with van der Waals surface area (Å²) >= 11 is 0. The summed E-state index contributed by atoms with van der Waals surface area (Å²) in [7, 11) is 0. The lowest BCUT2D eigenvalue weighted by Crippen LogP contribution is -2.39. The van der Waals surface area contributed by atoms with Crippen molar-refractivity contribution < 1.29 is 9.90 Å². The number of aliphatic hydroxyl groups excluding tert-OH is 1. The van der Waals surface area contributed by atoms with Crippen LogP contribution in [0.1, 0.15) is 13.8 Å². The fraction of sp³-hybridized carbons (Fsp3) is 0.700. The van der Waals surface area contributed by atoms with Crippen molar-refractivity contribution in [2.75, 3.05) is 19.6 Å². The minimum atomic E-state index is -0.474. The van der Waals surface area contributed by atoms with Crippen LogP contribution in [0, 0.1) is 5.92 Å². The van der Waals surface area contributed by atoms with Gasteiger partial charge in [-0.05, 0) is 5.92 Å². The molecule has 14 heavy (non-hydrogen) atoms. The zero-order valence-electron chi connectivity index (χ0n) is 8.92. The van der Waals surface area contributed by atoms with Gasteiger partial charge in [0.15, 0.2) is 0 Å². The molecule has 82 valence electrons. The Balaban J connectivity index is 3.48. The summed E-state index contributed by atoms with van der Waals surface area (Å²) in [5.74, 6) is 0.0583. The van der Waals surface area contributed by atoms with Crippen molar-refractivity contribution >= 4 is 5.91 Å². The Morgan fingerprint density at radius 3 is 2.71 bits per heavy atom. The van der Waals surface area contributed by atoms with Crippen LogP contribution in [0.2, 0.25) is 0 Å². The summed E-state index contributed by atoms with van der Waals surface area (Å²) in [4.78, 5) is 11.1. The number of hydrogen-bond acceptors (Lipinski definition) is 3. The van der Waals surface area contributed by atoms with Crippen LogP contribution < -0.4 is 10.6 Å². The highest BCUT2D eigenvalue weighted by Crippen LogP contribution is 1.98. The number of carbonyl (C=O) groups excluding carboxylic acids is 1. The van der Waals surface area contributed by atoms with E-state index in [-0.39, 0.29) is 18.4 Å². The molecule has 0 aliphatic carbocycles. The summed E-state index contributed by atoms with van der Waals surface area (Å²) in [6.45, 7) is 8.52. The van der Waals surface area contributed by atoms with Crippen LogP contribution in [0.3, 0.4) is 0 Å². The standard InChI is InChI=1S/C10H20N2O2/c1-4-5-11-7-10(14)12-6-9(13)8(2)3/h4,8-9,11,13H,1,5-7H2,2-3H3,(H,12,14). The zero-order valence-corrected chi connectivity index (χ0v) is 8.92. The molecule has 0 radical (unpaired) electrons. The maximum Gasteiger partial charge on any atom is 0.234 e. The SMILES string of the molecule is C=CCNCC(=O)NCC(O)C(C)C. The first-order valence-electron chi connectivity index (χ1n) is 4.84. The predicted molar refractivity (Wildman–Crippen MR) is 56.9 cm³/mol. The van der Waals surface area contributed by atoms with Gasteiger partial charge in [0.25, 0.3) is 0 Å². The Labute approximate surface area is 85.4 Å². The van der Waals surface area contributed by atoms with E-state index in [9.17, 15) is 9.90 Å². The molecule has 0 aromatic rings. The molecular formula is C10H20N2O2. The predicted octanol–water partition coefficient (Wildman–Crippen LogP) is -0.105. The molecule has 1 amide bonds. The van der Waals surface area contributed by atoms with Crippen molar-refractivity contribution in [1.29, 1.82) is 0 Å². The molecule has 0 aliphatic heterocycles. The fourth-order valence-electron chi connectivity index (χ4n) is 0.804. The number of hydrogen-bond donors (Lipinski definition) is 3. The lowest BCUT2D eigenvalue weighted by molar-refractivity contribution is -0.120. The van der Waals surface area contributed by atoms with Gasteiger partial charge in [0.2, 0.25) is 5.91 Å². The minimum Gasteiger partial charge on any atom is -0.391 e. The molecule has 0 bridgehead atoms. The van der Waals surface area contributed by atoms with Gasteiger partial charge in [-0.25, -0.2) is 0 Å². The molecule has 1 atom stereocenters. The van der Waals surface area contributed by atoms with Gasteiger partial charge in [0.1, 0.15) is 0 Å². The molecule has 0 aromatic carbocycles. The van der Waals surface area contributed by atoms with Crippen molar-refractivity contribution in [2.24, 2.45) is 5.92 Å². The van der Waals surface area contributed by atoms with Gasteiger partial charge in [0, 0.05) is 13.1 Å². The van der Waals surface area contributed by atoms with Crippen molar-refractivity contribution in [3.8, 4) is 0 Å². The molecule has 0 fully saturated rings. The quantitative estimate of drug-likeness (QED) is 0.397. The Kier molecular flexibility index (Phi) is 7.06. The molecule has 0 aromatic heterocycles. The number of carbonyl (C=O) groups is 1. The first kappa shape index (κ1) is 13.1. The molecule has 1 unspecified atom stereocenters. The van der Waals surface area contributed by atoms with E-state index in [2.05, 4.69) is 17.2 Å². The third kappa shape index (κ3) is 6.62. The second kappa shape index (κ2) is 7.53. The molecule has 0 saturated carbocycles. The van der Waals surface area contributed by atoms with Gasteiger partial charge in [-0.15, -0.1) is 6.58 Å². The van der Waals surface area contributed by atoms with E-state index in [1.165, 1.54) is 0 Å². The van der Waals surface area contributed by atoms with Crippen molar-refractivity contribution in [3.05, 3.63) is 12.7 Å². The van der Waals surface area contributed by atoms with E-state index < -0.39 is 6.10 Å². The van der Waals surface area contributed by atoms with Crippen LogP contribution in [0.5, 0.6) is 0 Å². The third-order valence-electron chi connectivity index (χ3n) is 1.85. The molecule has 4 nitrogen and oxygen atoms in total. The summed E-state index contributed by atoms with van der Waals surface area (Å²) < 4.78 is 0. The topological polar surface area (TPSA) is 61.4 Å². The summed E-state index contributed by atoms with van der Waals surface area (Å²) in [5.41, 5.74) is 0. The molecule has 0 aliphatic rings. The van der Waals surface area contributed by atoms with Crippen molar-refractivity contribution in [1.82, 2.24) is 10.6 Å². The molecule has 4 heteroatoms. The lowest BCUT2D eigenvalue weighted by atomic mass is 10.1. The Hall–Kier alpha value is -0.870. The fourth-order valence-corrected chi connectivity index (χ4v) is 0.804. The average Bonchev–Trinajstić information content (AvgIpc) is 2.14. The number of rotatable bonds is 7. The average molecular weight is 200 g/mol. The van der Waals surface area contributed by atoms with Gasteiger partial charge >= 0.3 is 0 Å². The summed E-state index contributed by atoms with van der Waals surface area (Å²) in [6.07, 6.45) is 1.22. The van der Waals surface area contributed by atoms with Crippen LogP contribution in [0.25, 0.3) is 0 Å². The van der Waals surface area contributed by atoms with E-state index in [4.69, 9.17) is 0 Å². The number of aliphatic hydroxyl groups is 1. The first-order chi connectivity index (χ1) is 6.57. The molecule has 0 rings (SSSR count). The smallest absolute Gasteiger partial charge is 0.234 e. The van der Waals surface area contributed by atoms with E-state index in [0.29, 0.717) is 13.1 Å². The molecule has 0 saturated heterocycles. The largest absolute Gasteiger partial charge is 0.391 e. The van der Waals surface area contributed by atoms with Gasteiger partial charge in [-0.1, -0.05) is 19.9 Å². The van der Waals surface area contributed by atoms with Gasteiger partial charge in [-0.3, -0.25) is 4.79 Å². The maximum atomic E-state index is 11.1. The van der Waals surface area contributed by atoms with Crippen LogP contribution in [-0.2, 0) is 4.79 Å². The van der Waals surface area contributed by atoms with Gasteiger partial charge in [0.05, 0.1) is 12.6 Å². The summed E-state index contributed by atoms with van der Waals surface area (Å²) in [5, 5.41) is 14.9. The highest BCUT2D eigenvalue weighted by atomic mass is 16.3. The molecule has 0 heterocycles. The van der Waals surface area contributed by atoms with Crippen LogP contribution in [-0.4, -0.2) is 36.8 Å². The first-order valence-corrected chi connectivity index (χ1v) is 4.84. The van der Waals surface area contributed by atoms with E-state index in [0.717, 1.165) is 0 Å². The second-order valence-corrected chi connectivity index (χ2v) is 3.54. The Morgan fingerprint density at radius 1 is 1.57 bits per heavy atom. The van der Waals surface area contributed by atoms with Crippen molar-refractivity contribution in [3.63, 3.8) is 0 Å². The minimum absolute atomic E-state index is 0.105. The van der Waals surface area contributed by atoms with Crippen LogP contribution in [0.4, 0.5) is 0 Å². The zero-order chi connectivity index (χ0) is 11.0. The van der Waals surface area contributed by atoms with Crippen molar-refractivity contribution in [2.45, 2.75) is 20.0 Å². The lowest BCUT2D eigenvalue weighted by Gasteiger charge is -2.14. The highest BCUT2D eigenvalue weighted by Gasteiger charge is 2.09. The molecule has 0 spiro atoms. The van der Waals surface area contributed by atoms with Crippen LogP contribution in [0.15, 0.2) is 12.7 Å². The van der Waals surface area contributed by atoms with E-state index >= 15 is 0 Å².